The fraction of sp³-hybridized carbons (Fsp3) is 0.353. The van der Waals surface area contributed by atoms with Crippen LogP contribution in [0.4, 0.5) is 0 Å². The van der Waals surface area contributed by atoms with Crippen molar-refractivity contribution in [3.05, 3.63) is 41.5 Å². The van der Waals surface area contributed by atoms with Crippen LogP contribution in [0.25, 0.3) is 0 Å². The van der Waals surface area contributed by atoms with Gasteiger partial charge in [-0.05, 0) is 37.3 Å². The Hall–Kier alpha value is -1.88. The lowest BCUT2D eigenvalue weighted by Crippen LogP contribution is -2.23. The molecule has 22 heavy (non-hydrogen) atoms. The summed E-state index contributed by atoms with van der Waals surface area (Å²) in [5, 5.41) is 9.47. The van der Waals surface area contributed by atoms with E-state index < -0.39 is 17.7 Å². The van der Waals surface area contributed by atoms with Gasteiger partial charge in [0.2, 0.25) is 0 Å². The monoisotopic (exact) mass is 319 g/mol. The Bertz CT molecular complexity index is 576. The number of carbonyl (C=O) groups is 2. The van der Waals surface area contributed by atoms with E-state index in [2.05, 4.69) is 4.99 Å². The molecule has 1 N–H and O–H groups in total. The number of thioether (sulfide) groups is 1. The predicted octanol–water partition coefficient (Wildman–Crippen LogP) is 3.57. The number of Topliss-reactive ketones (excluding diaryl/α,β-unsaturated/α-hetero) is 1. The maximum atomic E-state index is 12.6. The third-order valence-corrected chi connectivity index (χ3v) is 3.82. The van der Waals surface area contributed by atoms with Crippen molar-refractivity contribution in [2.24, 2.45) is 4.99 Å². The Morgan fingerprint density at radius 2 is 1.91 bits per heavy atom. The molecule has 1 atom stereocenters. The first-order valence-electron chi connectivity index (χ1n) is 7.16. The number of aliphatic carboxylic acids is 1. The van der Waals surface area contributed by atoms with E-state index in [1.165, 1.54) is 6.21 Å². The molecule has 0 saturated heterocycles. The zero-order valence-corrected chi connectivity index (χ0v) is 13.9. The average Bonchev–Trinajstić information content (AvgIpc) is 2.51. The van der Waals surface area contributed by atoms with Gasteiger partial charge in [0.1, 0.15) is 5.92 Å². The molecule has 118 valence electrons. The first kappa shape index (κ1) is 18.2. The lowest BCUT2D eigenvalue weighted by molar-refractivity contribution is -0.141. The topological polar surface area (TPSA) is 66.7 Å². The second-order valence-electron chi connectivity index (χ2n) is 4.60. The van der Waals surface area contributed by atoms with Gasteiger partial charge in [0.05, 0.1) is 0 Å². The van der Waals surface area contributed by atoms with E-state index in [0.717, 1.165) is 4.90 Å². The number of hydrogen-bond donors (Lipinski definition) is 1. The summed E-state index contributed by atoms with van der Waals surface area (Å²) in [5.74, 6) is -2.77. The summed E-state index contributed by atoms with van der Waals surface area (Å²) in [6, 6.07) is 7.05. The molecule has 1 aromatic rings. The number of allylic oxidation sites excluding steroid dienone is 2. The van der Waals surface area contributed by atoms with Crippen LogP contribution in [0.3, 0.4) is 0 Å². The molecular weight excluding hydrogens is 298 g/mol. The van der Waals surface area contributed by atoms with E-state index in [9.17, 15) is 14.7 Å². The second kappa shape index (κ2) is 9.20. The molecule has 0 aliphatic rings. The van der Waals surface area contributed by atoms with E-state index in [1.807, 2.05) is 32.2 Å². The highest BCUT2D eigenvalue weighted by Gasteiger charge is 2.29. The first-order chi connectivity index (χ1) is 10.5. The van der Waals surface area contributed by atoms with Gasteiger partial charge in [0, 0.05) is 23.2 Å². The van der Waals surface area contributed by atoms with Crippen LogP contribution < -0.4 is 0 Å². The lowest BCUT2D eigenvalue weighted by atomic mass is 9.90. The van der Waals surface area contributed by atoms with E-state index >= 15 is 0 Å². The molecule has 0 spiro atoms. The van der Waals surface area contributed by atoms with E-state index in [-0.39, 0.29) is 0 Å². The molecule has 0 radical (unpaired) electrons. The van der Waals surface area contributed by atoms with Crippen LogP contribution in [0, 0.1) is 0 Å². The molecule has 1 rings (SSSR count). The second-order valence-corrected chi connectivity index (χ2v) is 5.48. The van der Waals surface area contributed by atoms with Crippen LogP contribution in [-0.4, -0.2) is 35.9 Å². The van der Waals surface area contributed by atoms with Gasteiger partial charge in [-0.25, -0.2) is 0 Å². The average molecular weight is 319 g/mol. The number of carboxylic acids is 1. The summed E-state index contributed by atoms with van der Waals surface area (Å²) in [7, 11) is 0. The van der Waals surface area contributed by atoms with Crippen molar-refractivity contribution in [2.75, 3.05) is 12.8 Å². The van der Waals surface area contributed by atoms with Crippen molar-refractivity contribution in [2.45, 2.75) is 31.1 Å². The number of nitrogens with zero attached hydrogens (tertiary/aromatic N) is 1. The Kier molecular flexibility index (Phi) is 7.60. The van der Waals surface area contributed by atoms with Crippen molar-refractivity contribution in [1.29, 1.82) is 0 Å². The summed E-state index contributed by atoms with van der Waals surface area (Å²) in [6.07, 6.45) is 5.78. The highest BCUT2D eigenvalue weighted by atomic mass is 32.2. The molecule has 0 saturated carbocycles. The van der Waals surface area contributed by atoms with Crippen LogP contribution >= 0.6 is 11.8 Å². The highest BCUT2D eigenvalue weighted by Crippen LogP contribution is 2.24. The Morgan fingerprint density at radius 3 is 2.36 bits per heavy atom. The number of hydrogen-bond acceptors (Lipinski definition) is 4. The van der Waals surface area contributed by atoms with E-state index in [1.54, 1.807) is 30.0 Å². The number of aliphatic imine (C=N–C) groups is 1. The third-order valence-electron chi connectivity index (χ3n) is 3.08. The van der Waals surface area contributed by atoms with Crippen molar-refractivity contribution in [1.82, 2.24) is 0 Å². The number of ketones is 1. The van der Waals surface area contributed by atoms with Crippen molar-refractivity contribution < 1.29 is 14.7 Å². The number of rotatable bonds is 8. The maximum absolute atomic E-state index is 12.6. The quantitative estimate of drug-likeness (QED) is 0.344. The fourth-order valence-corrected chi connectivity index (χ4v) is 2.40. The number of carbonyl (C=O) groups excluding carboxylic acids is 1. The highest BCUT2D eigenvalue weighted by molar-refractivity contribution is 7.98. The first-order valence-corrected chi connectivity index (χ1v) is 8.38. The molecule has 0 heterocycles. The fourth-order valence-electron chi connectivity index (χ4n) is 2.00. The maximum Gasteiger partial charge on any atom is 0.318 e. The molecule has 0 amide bonds. The van der Waals surface area contributed by atoms with Gasteiger partial charge in [-0.3, -0.25) is 14.6 Å². The van der Waals surface area contributed by atoms with Gasteiger partial charge in [-0.1, -0.05) is 25.1 Å². The van der Waals surface area contributed by atoms with Gasteiger partial charge >= 0.3 is 5.97 Å². The van der Waals surface area contributed by atoms with Gasteiger partial charge in [-0.2, -0.15) is 0 Å². The molecule has 1 aromatic carbocycles. The molecule has 5 heteroatoms. The number of benzene rings is 1. The minimum Gasteiger partial charge on any atom is -0.480 e. The molecule has 4 nitrogen and oxygen atoms in total. The molecule has 0 fully saturated rings. The summed E-state index contributed by atoms with van der Waals surface area (Å²) in [4.78, 5) is 29.3. The summed E-state index contributed by atoms with van der Waals surface area (Å²) in [6.45, 7) is 4.31. The molecule has 0 aromatic heterocycles. The van der Waals surface area contributed by atoms with Gasteiger partial charge in [0.15, 0.2) is 5.78 Å². The largest absolute Gasteiger partial charge is 0.480 e. The summed E-state index contributed by atoms with van der Waals surface area (Å²) >= 11 is 1.57. The van der Waals surface area contributed by atoms with Crippen LogP contribution in [-0.2, 0) is 9.59 Å². The molecule has 0 aliphatic heterocycles. The van der Waals surface area contributed by atoms with Crippen molar-refractivity contribution in [3.63, 3.8) is 0 Å². The van der Waals surface area contributed by atoms with Crippen LogP contribution in [0.1, 0.15) is 31.7 Å². The van der Waals surface area contributed by atoms with Crippen molar-refractivity contribution in [3.8, 4) is 0 Å². The summed E-state index contributed by atoms with van der Waals surface area (Å²) < 4.78 is 0. The smallest absolute Gasteiger partial charge is 0.318 e. The normalized spacial score (nSPS) is 13.3. The zero-order valence-electron chi connectivity index (χ0n) is 13.1. The molecule has 0 bridgehead atoms. The van der Waals surface area contributed by atoms with Crippen LogP contribution in [0.5, 0.6) is 0 Å². The minimum atomic E-state index is -1.20. The SMILES string of the molecule is CC/C=C(\C=NCC)C(=O)C(C(=O)O)c1ccc(SC)cc1. The standard InChI is InChI=1S/C17H21NO3S/c1-4-6-13(11-18-5-2)16(19)15(17(20)21)12-7-9-14(22-3)10-8-12/h6-11,15H,4-5H2,1-3H3,(H,20,21)/b13-6+,18-11?. The van der Waals surface area contributed by atoms with Crippen LogP contribution in [0.15, 0.2) is 45.8 Å². The summed E-state index contributed by atoms with van der Waals surface area (Å²) in [5.41, 5.74) is 0.841. The predicted molar refractivity (Wildman–Crippen MR) is 91.0 cm³/mol. The third kappa shape index (κ3) is 4.84. The van der Waals surface area contributed by atoms with Gasteiger partial charge in [0.25, 0.3) is 0 Å². The molecule has 1 unspecified atom stereocenters. The minimum absolute atomic E-state index is 0.352. The Morgan fingerprint density at radius 1 is 1.27 bits per heavy atom. The van der Waals surface area contributed by atoms with Crippen molar-refractivity contribution >= 4 is 29.7 Å². The van der Waals surface area contributed by atoms with E-state index in [0.29, 0.717) is 24.1 Å². The number of carboxylic acid groups (broad SMARTS) is 1. The van der Waals surface area contributed by atoms with Crippen LogP contribution in [0.2, 0.25) is 0 Å². The van der Waals surface area contributed by atoms with Gasteiger partial charge < -0.3 is 5.11 Å². The van der Waals surface area contributed by atoms with Gasteiger partial charge in [-0.15, -0.1) is 11.8 Å². The Labute approximate surface area is 135 Å². The Balaban J connectivity index is 3.17. The lowest BCUT2D eigenvalue weighted by Gasteiger charge is -2.13. The van der Waals surface area contributed by atoms with E-state index in [4.69, 9.17) is 0 Å². The molecular formula is C17H21NO3S. The zero-order chi connectivity index (χ0) is 16.5. The molecule has 0 aliphatic carbocycles.